The summed E-state index contributed by atoms with van der Waals surface area (Å²) in [6.07, 6.45) is 7.56. The second-order valence-electron chi connectivity index (χ2n) is 10.5. The van der Waals surface area contributed by atoms with Crippen LogP contribution in [0.3, 0.4) is 0 Å². The quantitative estimate of drug-likeness (QED) is 0.370. The van der Waals surface area contributed by atoms with Crippen LogP contribution in [0.1, 0.15) is 54.2 Å². The van der Waals surface area contributed by atoms with Gasteiger partial charge in [-0.2, -0.15) is 5.10 Å². The van der Waals surface area contributed by atoms with Crippen molar-refractivity contribution in [2.45, 2.75) is 44.1 Å². The summed E-state index contributed by atoms with van der Waals surface area (Å²) in [5.41, 5.74) is 3.63. The second-order valence-corrected chi connectivity index (χ2v) is 10.5. The number of benzene rings is 1. The van der Waals surface area contributed by atoms with Crippen LogP contribution in [0.25, 0.3) is 16.7 Å². The van der Waals surface area contributed by atoms with E-state index in [1.807, 2.05) is 13.1 Å². The molecule has 0 spiro atoms. The lowest BCUT2D eigenvalue weighted by molar-refractivity contribution is 0.0594. The molecular formula is C28H33FN6O2. The van der Waals surface area contributed by atoms with Gasteiger partial charge in [-0.05, 0) is 56.0 Å². The van der Waals surface area contributed by atoms with Gasteiger partial charge in [-0.1, -0.05) is 6.42 Å². The van der Waals surface area contributed by atoms with Crippen molar-refractivity contribution < 1.29 is 13.9 Å². The zero-order valence-electron chi connectivity index (χ0n) is 21.4. The first-order valence-electron chi connectivity index (χ1n) is 13.2. The van der Waals surface area contributed by atoms with E-state index in [-0.39, 0.29) is 11.5 Å². The number of esters is 1. The van der Waals surface area contributed by atoms with Crippen molar-refractivity contribution in [3.63, 3.8) is 0 Å². The molecule has 1 saturated carbocycles. The minimum atomic E-state index is -0.473. The van der Waals surface area contributed by atoms with Gasteiger partial charge in [-0.3, -0.25) is 4.90 Å². The highest BCUT2D eigenvalue weighted by Gasteiger charge is 2.35. The Balaban J connectivity index is 1.38. The number of nitrogens with zero attached hydrogens (tertiary/aromatic N) is 6. The largest absolute Gasteiger partial charge is 0.464 e. The number of pyridine rings is 1. The average molecular weight is 505 g/mol. The van der Waals surface area contributed by atoms with Crippen molar-refractivity contribution in [3.8, 4) is 5.69 Å². The van der Waals surface area contributed by atoms with Crippen molar-refractivity contribution in [2.24, 2.45) is 10.9 Å². The molecule has 6 rings (SSSR count). The number of carbonyl (C=O) groups excluding carboxylic acids is 1. The van der Waals surface area contributed by atoms with Crippen LogP contribution in [0.5, 0.6) is 0 Å². The lowest BCUT2D eigenvalue weighted by atomic mass is 9.82. The van der Waals surface area contributed by atoms with Gasteiger partial charge in [0.25, 0.3) is 0 Å². The van der Waals surface area contributed by atoms with Gasteiger partial charge in [-0.25, -0.2) is 18.9 Å². The highest BCUT2D eigenvalue weighted by atomic mass is 19.1. The number of piperidine rings is 1. The fourth-order valence-electron chi connectivity index (χ4n) is 5.94. The van der Waals surface area contributed by atoms with Crippen LogP contribution in [-0.4, -0.2) is 78.2 Å². The Morgan fingerprint density at radius 1 is 1.14 bits per heavy atom. The minimum Gasteiger partial charge on any atom is -0.464 e. The van der Waals surface area contributed by atoms with Crippen LogP contribution in [-0.2, 0) is 4.74 Å². The van der Waals surface area contributed by atoms with E-state index >= 15 is 0 Å². The molecule has 8 nitrogen and oxygen atoms in total. The summed E-state index contributed by atoms with van der Waals surface area (Å²) >= 11 is 0. The number of anilines is 1. The minimum absolute atomic E-state index is 0.264. The molecule has 3 aliphatic rings. The van der Waals surface area contributed by atoms with Crippen LogP contribution in [0.4, 0.5) is 10.1 Å². The zero-order valence-corrected chi connectivity index (χ0v) is 21.4. The SMILES string of the molecule is C/N=C\C1CN(C2CCN(c3cc(C(=O)OC)nc4c3c(C3CCC3)nn4-c3ccc(F)cc3)CC2)C1. The summed E-state index contributed by atoms with van der Waals surface area (Å²) in [7, 11) is 3.22. The van der Waals surface area contributed by atoms with Crippen LogP contribution in [0.15, 0.2) is 35.3 Å². The third-order valence-corrected chi connectivity index (χ3v) is 8.22. The van der Waals surface area contributed by atoms with E-state index in [9.17, 15) is 9.18 Å². The standard InChI is InChI=1S/C28H33FN6O2/c1-30-15-18-16-34(17-18)21-10-12-33(13-11-21)24-14-23(28(36)37-2)31-27-25(24)26(19-4-3-5-19)32-35(27)22-8-6-20(29)7-9-22/h6-9,14-15,18-19,21H,3-5,10-13,16-17H2,1-2H3/b30-15-. The van der Waals surface area contributed by atoms with E-state index < -0.39 is 5.97 Å². The summed E-state index contributed by atoms with van der Waals surface area (Å²) in [6, 6.07) is 8.71. The van der Waals surface area contributed by atoms with E-state index in [0.29, 0.717) is 23.5 Å². The molecule has 2 aromatic heterocycles. The lowest BCUT2D eigenvalue weighted by Gasteiger charge is -2.46. The molecule has 194 valence electrons. The summed E-state index contributed by atoms with van der Waals surface area (Å²) in [5, 5.41) is 6.02. The van der Waals surface area contributed by atoms with E-state index in [1.165, 1.54) is 25.7 Å². The Morgan fingerprint density at radius 3 is 2.49 bits per heavy atom. The third-order valence-electron chi connectivity index (χ3n) is 8.22. The van der Waals surface area contributed by atoms with E-state index in [4.69, 9.17) is 14.8 Å². The number of likely N-dealkylation sites (tertiary alicyclic amines) is 1. The molecule has 0 unspecified atom stereocenters. The summed E-state index contributed by atoms with van der Waals surface area (Å²) < 4.78 is 20.5. The highest BCUT2D eigenvalue weighted by Crippen LogP contribution is 2.43. The molecular weight excluding hydrogens is 471 g/mol. The van der Waals surface area contributed by atoms with Crippen molar-refractivity contribution in [1.82, 2.24) is 19.7 Å². The molecule has 9 heteroatoms. The molecule has 4 heterocycles. The molecule has 37 heavy (non-hydrogen) atoms. The van der Waals surface area contributed by atoms with Crippen LogP contribution < -0.4 is 4.90 Å². The Labute approximate surface area is 216 Å². The second kappa shape index (κ2) is 9.85. The van der Waals surface area contributed by atoms with Gasteiger partial charge in [0.15, 0.2) is 11.3 Å². The maximum atomic E-state index is 13.7. The lowest BCUT2D eigenvalue weighted by Crippen LogP contribution is -2.55. The van der Waals surface area contributed by atoms with Gasteiger partial charge < -0.3 is 14.6 Å². The third kappa shape index (κ3) is 4.39. The monoisotopic (exact) mass is 504 g/mol. The number of aromatic nitrogens is 3. The first kappa shape index (κ1) is 24.0. The number of hydrogen-bond donors (Lipinski definition) is 0. The first-order chi connectivity index (χ1) is 18.1. The molecule has 3 fully saturated rings. The summed E-state index contributed by atoms with van der Waals surface area (Å²) in [4.78, 5) is 26.5. The Bertz CT molecular complexity index is 1320. The van der Waals surface area contributed by atoms with E-state index in [2.05, 4.69) is 21.0 Å². The van der Waals surface area contributed by atoms with Gasteiger partial charge in [0, 0.05) is 57.3 Å². The fraction of sp³-hybridized carbons (Fsp3) is 0.500. The van der Waals surface area contributed by atoms with Crippen LogP contribution in [0, 0.1) is 11.7 Å². The number of methoxy groups -OCH3 is 1. The molecule has 0 atom stereocenters. The Hall–Kier alpha value is -3.33. The number of ether oxygens (including phenoxy) is 1. The molecule has 1 aromatic carbocycles. The summed E-state index contributed by atoms with van der Waals surface area (Å²) in [5.74, 6) is 0.165. The smallest absolute Gasteiger partial charge is 0.356 e. The van der Waals surface area contributed by atoms with Crippen LogP contribution >= 0.6 is 0 Å². The highest BCUT2D eigenvalue weighted by molar-refractivity contribution is 5.99. The molecule has 1 aliphatic carbocycles. The van der Waals surface area contributed by atoms with Crippen molar-refractivity contribution in [3.05, 3.63) is 47.5 Å². The van der Waals surface area contributed by atoms with Gasteiger partial charge in [0.05, 0.1) is 29.6 Å². The molecule has 3 aromatic rings. The molecule has 0 radical (unpaired) electrons. The maximum Gasteiger partial charge on any atom is 0.356 e. The van der Waals surface area contributed by atoms with Crippen molar-refractivity contribution in [1.29, 1.82) is 0 Å². The maximum absolute atomic E-state index is 13.7. The predicted octanol–water partition coefficient (Wildman–Crippen LogP) is 4.21. The van der Waals surface area contributed by atoms with Crippen molar-refractivity contribution in [2.75, 3.05) is 45.2 Å². The molecule has 0 N–H and O–H groups in total. The number of aliphatic imine (C=N–C) groups is 1. The van der Waals surface area contributed by atoms with Crippen LogP contribution in [0.2, 0.25) is 0 Å². The summed E-state index contributed by atoms with van der Waals surface area (Å²) in [6.45, 7) is 3.98. The predicted molar refractivity (Wildman–Crippen MR) is 141 cm³/mol. The number of carbonyl (C=O) groups is 1. The molecule has 0 amide bonds. The number of halogens is 1. The first-order valence-corrected chi connectivity index (χ1v) is 13.2. The van der Waals surface area contributed by atoms with Gasteiger partial charge in [0.1, 0.15) is 5.82 Å². The number of fused-ring (bicyclic) bond motifs is 1. The Morgan fingerprint density at radius 2 is 1.86 bits per heavy atom. The topological polar surface area (TPSA) is 75.8 Å². The number of rotatable bonds is 6. The molecule has 2 aliphatic heterocycles. The number of hydrogen-bond acceptors (Lipinski definition) is 7. The Kier molecular flexibility index (Phi) is 6.40. The zero-order chi connectivity index (χ0) is 25.5. The van der Waals surface area contributed by atoms with Gasteiger partial charge in [0.2, 0.25) is 0 Å². The molecule has 2 saturated heterocycles. The normalized spacial score (nSPS) is 19.9. The average Bonchev–Trinajstić information content (AvgIpc) is 3.23. The van der Waals surface area contributed by atoms with E-state index in [0.717, 1.165) is 74.3 Å². The van der Waals surface area contributed by atoms with Gasteiger partial charge in [-0.15, -0.1) is 0 Å². The van der Waals surface area contributed by atoms with E-state index in [1.54, 1.807) is 16.8 Å². The van der Waals surface area contributed by atoms with Gasteiger partial charge >= 0.3 is 5.97 Å². The van der Waals surface area contributed by atoms with Crippen molar-refractivity contribution >= 4 is 28.9 Å². The molecule has 0 bridgehead atoms. The fourth-order valence-corrected chi connectivity index (χ4v) is 5.94.